The zero-order chi connectivity index (χ0) is 20.6. The van der Waals surface area contributed by atoms with Gasteiger partial charge in [0.25, 0.3) is 0 Å². The number of hydrogen-bond donors (Lipinski definition) is 0. The number of nitrogens with zero attached hydrogens (tertiary/aromatic N) is 5. The molecule has 2 aliphatic heterocycles. The van der Waals surface area contributed by atoms with E-state index in [0.717, 1.165) is 45.6 Å². The summed E-state index contributed by atoms with van der Waals surface area (Å²) in [5.74, 6) is -0.0860. The van der Waals surface area contributed by atoms with Gasteiger partial charge in [-0.3, -0.25) is 9.69 Å². The summed E-state index contributed by atoms with van der Waals surface area (Å²) >= 11 is 0. The molecule has 2 amide bonds. The molecular weight excluding hydrogens is 366 g/mol. The molecule has 0 radical (unpaired) electrons. The van der Waals surface area contributed by atoms with Crippen molar-refractivity contribution in [1.29, 1.82) is 0 Å². The van der Waals surface area contributed by atoms with E-state index in [1.54, 1.807) is 19.4 Å². The Morgan fingerprint density at radius 1 is 1.17 bits per heavy atom. The van der Waals surface area contributed by atoms with Crippen molar-refractivity contribution in [3.05, 3.63) is 47.8 Å². The Kier molecular flexibility index (Phi) is 5.17. The molecule has 0 unspecified atom stereocenters. The number of carbonyl (C=O) groups is 2. The van der Waals surface area contributed by atoms with Crippen LogP contribution in [0.5, 0.6) is 0 Å². The van der Waals surface area contributed by atoms with Gasteiger partial charge in [0.1, 0.15) is 0 Å². The van der Waals surface area contributed by atoms with Crippen molar-refractivity contribution in [2.24, 2.45) is 5.41 Å². The topological polar surface area (TPSA) is 61.7 Å². The van der Waals surface area contributed by atoms with Crippen LogP contribution in [-0.2, 0) is 11.3 Å². The minimum absolute atomic E-state index is 0.0860. The van der Waals surface area contributed by atoms with Crippen LogP contribution in [0.4, 0.5) is 10.5 Å². The van der Waals surface area contributed by atoms with Crippen LogP contribution in [0.1, 0.15) is 30.9 Å². The molecule has 4 rings (SSSR count). The number of hydrogen-bond acceptors (Lipinski definition) is 4. The molecule has 0 aliphatic carbocycles. The molecular formula is C22H29N5O2. The number of carbonyl (C=O) groups excluding carboxylic acids is 2. The molecule has 1 aromatic heterocycles. The number of aryl methyl sites for hydroxylation is 1. The number of benzene rings is 1. The zero-order valence-electron chi connectivity index (χ0n) is 17.5. The van der Waals surface area contributed by atoms with Gasteiger partial charge in [-0.25, -0.2) is 4.79 Å². The third-order valence-corrected chi connectivity index (χ3v) is 6.49. The Bertz CT molecular complexity index is 905. The second kappa shape index (κ2) is 7.63. The van der Waals surface area contributed by atoms with E-state index in [0.29, 0.717) is 11.1 Å². The molecule has 0 N–H and O–H groups in total. The van der Waals surface area contributed by atoms with Gasteiger partial charge in [-0.1, -0.05) is 24.3 Å². The fourth-order valence-corrected chi connectivity index (χ4v) is 4.45. The van der Waals surface area contributed by atoms with E-state index in [2.05, 4.69) is 41.2 Å². The van der Waals surface area contributed by atoms with Crippen LogP contribution in [0.3, 0.4) is 0 Å². The van der Waals surface area contributed by atoms with Crippen LogP contribution in [0.15, 0.2) is 36.7 Å². The van der Waals surface area contributed by atoms with Crippen molar-refractivity contribution < 1.29 is 9.59 Å². The maximum atomic E-state index is 12.8. The summed E-state index contributed by atoms with van der Waals surface area (Å²) in [5, 5.41) is 4.16. The van der Waals surface area contributed by atoms with Gasteiger partial charge in [0.2, 0.25) is 5.91 Å². The highest BCUT2D eigenvalue weighted by atomic mass is 16.2. The highest BCUT2D eigenvalue weighted by Crippen LogP contribution is 2.41. The summed E-state index contributed by atoms with van der Waals surface area (Å²) in [7, 11) is 1.68. The average Bonchev–Trinajstić information content (AvgIpc) is 3.18. The molecule has 7 heteroatoms. The Morgan fingerprint density at radius 2 is 1.86 bits per heavy atom. The van der Waals surface area contributed by atoms with Crippen LogP contribution < -0.4 is 4.90 Å². The minimum Gasteiger partial charge on any atom is -0.323 e. The SMILES string of the molecule is CC(=O)N(C)c1cnn(C(=O)N2CCC3(CC2)CN(Cc2ccccc2C)C3)c1. The van der Waals surface area contributed by atoms with Gasteiger partial charge < -0.3 is 9.80 Å². The summed E-state index contributed by atoms with van der Waals surface area (Å²) in [4.78, 5) is 30.1. The van der Waals surface area contributed by atoms with Gasteiger partial charge in [0.05, 0.1) is 18.1 Å². The summed E-state index contributed by atoms with van der Waals surface area (Å²) in [6.45, 7) is 8.41. The summed E-state index contributed by atoms with van der Waals surface area (Å²) in [5.41, 5.74) is 3.73. The standard InChI is InChI=1S/C22H29N5O2/c1-17-6-4-5-7-19(17)13-25-15-22(16-25)8-10-26(11-9-22)21(29)27-14-20(12-23-27)24(3)18(2)28/h4-7,12,14H,8-11,13,15-16H2,1-3H3. The van der Waals surface area contributed by atoms with Crippen LogP contribution in [0.25, 0.3) is 0 Å². The average molecular weight is 396 g/mol. The fourth-order valence-electron chi connectivity index (χ4n) is 4.45. The fraction of sp³-hybridized carbons (Fsp3) is 0.500. The van der Waals surface area contributed by atoms with Crippen molar-refractivity contribution >= 4 is 17.6 Å². The number of rotatable bonds is 3. The second-order valence-corrected chi connectivity index (χ2v) is 8.56. The van der Waals surface area contributed by atoms with Crippen LogP contribution >= 0.6 is 0 Å². The minimum atomic E-state index is -0.112. The molecule has 2 saturated heterocycles. The lowest BCUT2D eigenvalue weighted by Crippen LogP contribution is -2.60. The van der Waals surface area contributed by atoms with Gasteiger partial charge in [0.15, 0.2) is 0 Å². The van der Waals surface area contributed by atoms with E-state index < -0.39 is 0 Å². The molecule has 2 fully saturated rings. The van der Waals surface area contributed by atoms with E-state index in [4.69, 9.17) is 0 Å². The van der Waals surface area contributed by atoms with Crippen molar-refractivity contribution in [3.63, 3.8) is 0 Å². The van der Waals surface area contributed by atoms with E-state index in [-0.39, 0.29) is 11.9 Å². The maximum Gasteiger partial charge on any atom is 0.344 e. The molecule has 0 saturated carbocycles. The quantitative estimate of drug-likeness (QED) is 0.802. The van der Waals surface area contributed by atoms with Crippen molar-refractivity contribution in [1.82, 2.24) is 19.6 Å². The van der Waals surface area contributed by atoms with E-state index >= 15 is 0 Å². The first-order valence-corrected chi connectivity index (χ1v) is 10.2. The highest BCUT2D eigenvalue weighted by molar-refractivity contribution is 5.91. The molecule has 1 aromatic carbocycles. The summed E-state index contributed by atoms with van der Waals surface area (Å²) in [6, 6.07) is 8.47. The third-order valence-electron chi connectivity index (χ3n) is 6.49. The number of aromatic nitrogens is 2. The molecule has 7 nitrogen and oxygen atoms in total. The van der Waals surface area contributed by atoms with E-state index in [1.165, 1.54) is 27.6 Å². The molecule has 2 aromatic rings. The Morgan fingerprint density at radius 3 is 2.52 bits per heavy atom. The molecule has 2 aliphatic rings. The van der Waals surface area contributed by atoms with Crippen molar-refractivity contribution in [2.75, 3.05) is 38.1 Å². The lowest BCUT2D eigenvalue weighted by molar-refractivity contribution is -0.116. The smallest absolute Gasteiger partial charge is 0.323 e. The first kappa shape index (κ1) is 19.6. The predicted molar refractivity (Wildman–Crippen MR) is 112 cm³/mol. The largest absolute Gasteiger partial charge is 0.344 e. The molecule has 0 atom stereocenters. The van der Waals surface area contributed by atoms with Crippen molar-refractivity contribution in [2.45, 2.75) is 33.2 Å². The number of likely N-dealkylation sites (tertiary alicyclic amines) is 2. The molecule has 29 heavy (non-hydrogen) atoms. The lowest BCUT2D eigenvalue weighted by Gasteiger charge is -2.54. The first-order chi connectivity index (χ1) is 13.9. The monoisotopic (exact) mass is 395 g/mol. The van der Waals surface area contributed by atoms with E-state index in [9.17, 15) is 9.59 Å². The number of piperidine rings is 1. The van der Waals surface area contributed by atoms with Gasteiger partial charge >= 0.3 is 6.03 Å². The Balaban J connectivity index is 1.29. The highest BCUT2D eigenvalue weighted by Gasteiger charge is 2.45. The van der Waals surface area contributed by atoms with E-state index in [1.807, 2.05) is 4.90 Å². The number of amides is 2. The second-order valence-electron chi connectivity index (χ2n) is 8.56. The molecule has 3 heterocycles. The normalized spacial score (nSPS) is 18.5. The predicted octanol–water partition coefficient (Wildman–Crippen LogP) is 2.74. The number of anilines is 1. The van der Waals surface area contributed by atoms with Gasteiger partial charge in [-0.2, -0.15) is 9.78 Å². The summed E-state index contributed by atoms with van der Waals surface area (Å²) in [6.07, 6.45) is 5.25. The van der Waals surface area contributed by atoms with Crippen LogP contribution in [0, 0.1) is 12.3 Å². The van der Waals surface area contributed by atoms with Crippen LogP contribution in [-0.4, -0.2) is 64.7 Å². The zero-order valence-corrected chi connectivity index (χ0v) is 17.5. The lowest BCUT2D eigenvalue weighted by atomic mass is 9.72. The molecule has 154 valence electrons. The molecule has 0 bridgehead atoms. The summed E-state index contributed by atoms with van der Waals surface area (Å²) < 4.78 is 1.35. The molecule has 1 spiro atoms. The van der Waals surface area contributed by atoms with Crippen LogP contribution in [0.2, 0.25) is 0 Å². The third kappa shape index (κ3) is 3.92. The van der Waals surface area contributed by atoms with Gasteiger partial charge in [-0.15, -0.1) is 0 Å². The Labute approximate surface area is 171 Å². The van der Waals surface area contributed by atoms with Gasteiger partial charge in [0, 0.05) is 46.7 Å². The Hall–Kier alpha value is -2.67. The van der Waals surface area contributed by atoms with Gasteiger partial charge in [-0.05, 0) is 36.3 Å². The van der Waals surface area contributed by atoms with Crippen molar-refractivity contribution in [3.8, 4) is 0 Å². The first-order valence-electron chi connectivity index (χ1n) is 10.2. The maximum absolute atomic E-state index is 12.8.